The standard InChI is InChI=1S/C16H23N3O2/c1-4-7-13(20)19-14(10(2)3)15(21)16-17-11-8-5-6-9-12(11)18-16/h5-6,8-10,14-15,21H,4,7H2,1-3H3,(H,17,18)(H,19,20)/t14-,15?/m0/s1. The fraction of sp³-hybridized carbons (Fsp3) is 0.500. The molecule has 1 heterocycles. The molecule has 114 valence electrons. The van der Waals surface area contributed by atoms with E-state index >= 15 is 0 Å². The zero-order valence-electron chi connectivity index (χ0n) is 12.8. The number of hydrogen-bond donors (Lipinski definition) is 3. The number of benzene rings is 1. The lowest BCUT2D eigenvalue weighted by Crippen LogP contribution is -2.43. The Labute approximate surface area is 124 Å². The molecule has 2 atom stereocenters. The number of para-hydroxylation sites is 2. The van der Waals surface area contributed by atoms with E-state index in [0.29, 0.717) is 12.2 Å². The van der Waals surface area contributed by atoms with Crippen molar-refractivity contribution in [3.05, 3.63) is 30.1 Å². The highest BCUT2D eigenvalue weighted by Crippen LogP contribution is 2.22. The van der Waals surface area contributed by atoms with Crippen LogP contribution in [0.1, 0.15) is 45.5 Å². The molecule has 1 unspecified atom stereocenters. The number of hydrogen-bond acceptors (Lipinski definition) is 3. The highest BCUT2D eigenvalue weighted by Gasteiger charge is 2.27. The monoisotopic (exact) mass is 289 g/mol. The second-order valence-electron chi connectivity index (χ2n) is 5.67. The van der Waals surface area contributed by atoms with Crippen molar-refractivity contribution in [3.8, 4) is 0 Å². The molecule has 2 rings (SSSR count). The predicted molar refractivity (Wildman–Crippen MR) is 82.7 cm³/mol. The second kappa shape index (κ2) is 6.72. The van der Waals surface area contributed by atoms with Gasteiger partial charge in [-0.25, -0.2) is 4.98 Å². The SMILES string of the molecule is CCCC(=O)N[C@@H](C(C)C)C(O)c1nc2ccccc2[nH]1. The summed E-state index contributed by atoms with van der Waals surface area (Å²) in [4.78, 5) is 19.3. The van der Waals surface area contributed by atoms with Crippen LogP contribution >= 0.6 is 0 Å². The normalized spacial score (nSPS) is 14.3. The van der Waals surface area contributed by atoms with Crippen LogP contribution in [0.15, 0.2) is 24.3 Å². The molecule has 2 aromatic rings. The van der Waals surface area contributed by atoms with E-state index < -0.39 is 6.10 Å². The van der Waals surface area contributed by atoms with Gasteiger partial charge in [-0.15, -0.1) is 0 Å². The maximum Gasteiger partial charge on any atom is 0.220 e. The van der Waals surface area contributed by atoms with Crippen molar-refractivity contribution in [1.29, 1.82) is 0 Å². The van der Waals surface area contributed by atoms with Crippen molar-refractivity contribution in [3.63, 3.8) is 0 Å². The van der Waals surface area contributed by atoms with Crippen LogP contribution in [0.2, 0.25) is 0 Å². The molecule has 0 bridgehead atoms. The third kappa shape index (κ3) is 3.61. The molecule has 0 spiro atoms. The van der Waals surface area contributed by atoms with Crippen LogP contribution in [-0.4, -0.2) is 27.0 Å². The molecule has 1 amide bonds. The largest absolute Gasteiger partial charge is 0.383 e. The number of aromatic amines is 1. The van der Waals surface area contributed by atoms with Crippen molar-refractivity contribution in [2.24, 2.45) is 5.92 Å². The molecule has 0 aliphatic rings. The Morgan fingerprint density at radius 3 is 2.71 bits per heavy atom. The van der Waals surface area contributed by atoms with Crippen LogP contribution in [0.25, 0.3) is 11.0 Å². The van der Waals surface area contributed by atoms with Gasteiger partial charge in [0.2, 0.25) is 5.91 Å². The first-order valence-electron chi connectivity index (χ1n) is 7.45. The number of amides is 1. The first kappa shape index (κ1) is 15.5. The molecule has 0 saturated heterocycles. The van der Waals surface area contributed by atoms with Crippen molar-refractivity contribution < 1.29 is 9.90 Å². The number of imidazole rings is 1. The summed E-state index contributed by atoms with van der Waals surface area (Å²) in [6.45, 7) is 5.91. The quantitative estimate of drug-likeness (QED) is 0.764. The van der Waals surface area contributed by atoms with Crippen LogP contribution in [-0.2, 0) is 4.79 Å². The Balaban J connectivity index is 2.20. The Hall–Kier alpha value is -1.88. The number of aliphatic hydroxyl groups is 1. The summed E-state index contributed by atoms with van der Waals surface area (Å²) >= 11 is 0. The first-order valence-corrected chi connectivity index (χ1v) is 7.45. The first-order chi connectivity index (χ1) is 10.0. The fourth-order valence-corrected chi connectivity index (χ4v) is 2.38. The Bertz CT molecular complexity index is 573. The number of carbonyl (C=O) groups is 1. The van der Waals surface area contributed by atoms with Gasteiger partial charge < -0.3 is 15.4 Å². The third-order valence-electron chi connectivity index (χ3n) is 3.55. The Morgan fingerprint density at radius 2 is 2.10 bits per heavy atom. The molecule has 1 aromatic carbocycles. The van der Waals surface area contributed by atoms with Crippen molar-refractivity contribution >= 4 is 16.9 Å². The zero-order valence-corrected chi connectivity index (χ0v) is 12.8. The molecule has 0 aliphatic carbocycles. The highest BCUT2D eigenvalue weighted by molar-refractivity contribution is 5.76. The zero-order chi connectivity index (χ0) is 15.4. The predicted octanol–water partition coefficient (Wildman–Crippen LogP) is 2.54. The van der Waals surface area contributed by atoms with Gasteiger partial charge in [-0.1, -0.05) is 32.9 Å². The van der Waals surface area contributed by atoms with Crippen LogP contribution in [0.5, 0.6) is 0 Å². The lowest BCUT2D eigenvalue weighted by molar-refractivity contribution is -0.123. The molecule has 0 fully saturated rings. The number of H-pyrrole nitrogens is 1. The maximum atomic E-state index is 11.8. The minimum absolute atomic E-state index is 0.0358. The van der Waals surface area contributed by atoms with Crippen molar-refractivity contribution in [2.45, 2.75) is 45.8 Å². The smallest absolute Gasteiger partial charge is 0.220 e. The number of carbonyl (C=O) groups excluding carboxylic acids is 1. The summed E-state index contributed by atoms with van der Waals surface area (Å²) in [7, 11) is 0. The fourth-order valence-electron chi connectivity index (χ4n) is 2.38. The molecule has 5 nitrogen and oxygen atoms in total. The number of fused-ring (bicyclic) bond motifs is 1. The summed E-state index contributed by atoms with van der Waals surface area (Å²) in [5.41, 5.74) is 1.70. The van der Waals surface area contributed by atoms with E-state index in [-0.39, 0.29) is 17.9 Å². The van der Waals surface area contributed by atoms with Crippen molar-refractivity contribution in [1.82, 2.24) is 15.3 Å². The van der Waals surface area contributed by atoms with E-state index in [9.17, 15) is 9.90 Å². The maximum absolute atomic E-state index is 11.8. The van der Waals surface area contributed by atoms with Crippen LogP contribution in [0, 0.1) is 5.92 Å². The summed E-state index contributed by atoms with van der Waals surface area (Å²) in [6, 6.07) is 7.27. The summed E-state index contributed by atoms with van der Waals surface area (Å²) in [6.07, 6.45) is 0.409. The number of aromatic nitrogens is 2. The number of aliphatic hydroxyl groups excluding tert-OH is 1. The van der Waals surface area contributed by atoms with Crippen LogP contribution in [0.3, 0.4) is 0 Å². The second-order valence-corrected chi connectivity index (χ2v) is 5.67. The minimum Gasteiger partial charge on any atom is -0.383 e. The van der Waals surface area contributed by atoms with Gasteiger partial charge in [0.1, 0.15) is 11.9 Å². The molecular formula is C16H23N3O2. The number of nitrogens with zero attached hydrogens (tertiary/aromatic N) is 1. The van der Waals surface area contributed by atoms with E-state index in [1.165, 1.54) is 0 Å². The van der Waals surface area contributed by atoms with E-state index in [2.05, 4.69) is 15.3 Å². The van der Waals surface area contributed by atoms with Crippen LogP contribution in [0.4, 0.5) is 0 Å². The molecule has 21 heavy (non-hydrogen) atoms. The third-order valence-corrected chi connectivity index (χ3v) is 3.55. The van der Waals surface area contributed by atoms with Gasteiger partial charge >= 0.3 is 0 Å². The molecule has 0 radical (unpaired) electrons. The van der Waals surface area contributed by atoms with E-state index in [1.807, 2.05) is 45.0 Å². The Morgan fingerprint density at radius 1 is 1.38 bits per heavy atom. The lowest BCUT2D eigenvalue weighted by atomic mass is 9.97. The summed E-state index contributed by atoms with van der Waals surface area (Å²) < 4.78 is 0. The van der Waals surface area contributed by atoms with Gasteiger partial charge in [0.15, 0.2) is 0 Å². The molecular weight excluding hydrogens is 266 g/mol. The molecule has 0 saturated carbocycles. The molecule has 5 heteroatoms. The number of nitrogens with one attached hydrogen (secondary N) is 2. The van der Waals surface area contributed by atoms with Gasteiger partial charge in [-0.05, 0) is 24.5 Å². The van der Waals surface area contributed by atoms with Crippen LogP contribution < -0.4 is 5.32 Å². The average Bonchev–Trinajstić information content (AvgIpc) is 2.88. The van der Waals surface area contributed by atoms with Gasteiger partial charge in [0, 0.05) is 6.42 Å². The van der Waals surface area contributed by atoms with E-state index in [4.69, 9.17) is 0 Å². The average molecular weight is 289 g/mol. The molecule has 1 aromatic heterocycles. The summed E-state index contributed by atoms with van der Waals surface area (Å²) in [5, 5.41) is 13.5. The van der Waals surface area contributed by atoms with Gasteiger partial charge in [-0.2, -0.15) is 0 Å². The van der Waals surface area contributed by atoms with E-state index in [0.717, 1.165) is 17.5 Å². The van der Waals surface area contributed by atoms with Gasteiger partial charge in [-0.3, -0.25) is 4.79 Å². The van der Waals surface area contributed by atoms with Gasteiger partial charge in [0.05, 0.1) is 17.1 Å². The Kier molecular flexibility index (Phi) is 4.96. The number of rotatable bonds is 6. The van der Waals surface area contributed by atoms with Crippen molar-refractivity contribution in [2.75, 3.05) is 0 Å². The highest BCUT2D eigenvalue weighted by atomic mass is 16.3. The topological polar surface area (TPSA) is 78.0 Å². The molecule has 0 aliphatic heterocycles. The van der Waals surface area contributed by atoms with E-state index in [1.54, 1.807) is 0 Å². The summed E-state index contributed by atoms with van der Waals surface area (Å²) in [5.74, 6) is 0.562. The lowest BCUT2D eigenvalue weighted by Gasteiger charge is -2.26. The molecule has 3 N–H and O–H groups in total. The minimum atomic E-state index is -0.849. The van der Waals surface area contributed by atoms with Gasteiger partial charge in [0.25, 0.3) is 0 Å².